The quantitative estimate of drug-likeness (QED) is 0.528. The Morgan fingerprint density at radius 3 is 2.59 bits per heavy atom. The van der Waals surface area contributed by atoms with Crippen molar-refractivity contribution in [3.8, 4) is 0 Å². The average Bonchev–Trinajstić information content (AvgIpc) is 3.12. The van der Waals surface area contributed by atoms with Gasteiger partial charge < -0.3 is 22.1 Å². The van der Waals surface area contributed by atoms with Gasteiger partial charge >= 0.3 is 0 Å². The van der Waals surface area contributed by atoms with Crippen LogP contribution >= 0.6 is 0 Å². The second-order valence-corrected chi connectivity index (χ2v) is 7.84. The topological polar surface area (TPSA) is 123 Å². The molecule has 3 aromatic rings. The molecule has 0 aliphatic heterocycles. The Bertz CT molecular complexity index is 1040. The summed E-state index contributed by atoms with van der Waals surface area (Å²) in [5.74, 6) is 0.395. The van der Waals surface area contributed by atoms with Crippen LogP contribution in [0.25, 0.3) is 5.65 Å². The standard InChI is InChI=1S/C21H27N7O/c1-12-9-13(2)11-14(10-12)25-19-17(18(23)29)20-24-7-8-28(20)21(27-19)26-16-6-4-3-5-15(16)22/h7-11,15-16,25H,3-6,22H2,1-2H3,(H2,23,29)(H,26,27)/t15-,16+/m0/s1. The summed E-state index contributed by atoms with van der Waals surface area (Å²) in [5.41, 5.74) is 15.8. The van der Waals surface area contributed by atoms with Crippen LogP contribution in [-0.4, -0.2) is 32.4 Å². The van der Waals surface area contributed by atoms with E-state index in [1.165, 1.54) is 0 Å². The van der Waals surface area contributed by atoms with Crippen molar-refractivity contribution in [1.82, 2.24) is 14.4 Å². The number of aromatic nitrogens is 3. The minimum atomic E-state index is -0.582. The molecule has 4 rings (SSSR count). The van der Waals surface area contributed by atoms with Crippen LogP contribution in [0.2, 0.25) is 0 Å². The number of hydrogen-bond acceptors (Lipinski definition) is 6. The molecule has 8 nitrogen and oxygen atoms in total. The molecule has 152 valence electrons. The van der Waals surface area contributed by atoms with E-state index in [0.717, 1.165) is 42.5 Å². The first kappa shape index (κ1) is 19.2. The maximum atomic E-state index is 12.3. The lowest BCUT2D eigenvalue weighted by Crippen LogP contribution is -2.43. The lowest BCUT2D eigenvalue weighted by molar-refractivity contribution is 0.100. The van der Waals surface area contributed by atoms with E-state index in [4.69, 9.17) is 16.5 Å². The molecule has 0 bridgehead atoms. The number of nitrogens with zero attached hydrogens (tertiary/aromatic N) is 3. The van der Waals surface area contributed by atoms with Crippen LogP contribution in [0.15, 0.2) is 30.6 Å². The van der Waals surface area contributed by atoms with Crippen molar-refractivity contribution in [2.24, 2.45) is 11.5 Å². The summed E-state index contributed by atoms with van der Waals surface area (Å²) in [7, 11) is 0. The Hall–Kier alpha value is -3.13. The highest BCUT2D eigenvalue weighted by Crippen LogP contribution is 2.28. The molecule has 1 saturated carbocycles. The van der Waals surface area contributed by atoms with Crippen LogP contribution in [-0.2, 0) is 0 Å². The van der Waals surface area contributed by atoms with Crippen molar-refractivity contribution in [3.05, 3.63) is 47.3 Å². The largest absolute Gasteiger partial charge is 0.365 e. The van der Waals surface area contributed by atoms with Crippen molar-refractivity contribution in [2.75, 3.05) is 10.6 Å². The zero-order chi connectivity index (χ0) is 20.5. The van der Waals surface area contributed by atoms with Crippen LogP contribution in [0.4, 0.5) is 17.5 Å². The monoisotopic (exact) mass is 393 g/mol. The highest BCUT2D eigenvalue weighted by molar-refractivity contribution is 6.04. The molecule has 1 aliphatic carbocycles. The van der Waals surface area contributed by atoms with Gasteiger partial charge in [-0.25, -0.2) is 4.98 Å². The van der Waals surface area contributed by atoms with Gasteiger partial charge in [0.05, 0.1) is 0 Å². The van der Waals surface area contributed by atoms with E-state index >= 15 is 0 Å². The van der Waals surface area contributed by atoms with E-state index in [0.29, 0.717) is 17.4 Å². The van der Waals surface area contributed by atoms with Gasteiger partial charge in [0.25, 0.3) is 5.91 Å². The Morgan fingerprint density at radius 2 is 1.90 bits per heavy atom. The van der Waals surface area contributed by atoms with E-state index in [9.17, 15) is 4.79 Å². The number of hydrogen-bond donors (Lipinski definition) is 4. The number of carbonyl (C=O) groups excluding carboxylic acids is 1. The van der Waals surface area contributed by atoms with E-state index in [2.05, 4.69) is 21.7 Å². The number of nitrogens with two attached hydrogens (primary N) is 2. The van der Waals surface area contributed by atoms with E-state index in [1.54, 1.807) is 16.8 Å². The van der Waals surface area contributed by atoms with Gasteiger partial charge in [0.2, 0.25) is 5.95 Å². The van der Waals surface area contributed by atoms with Crippen molar-refractivity contribution >= 4 is 29.0 Å². The van der Waals surface area contributed by atoms with Gasteiger partial charge in [0, 0.05) is 30.2 Å². The zero-order valence-electron chi connectivity index (χ0n) is 16.8. The predicted octanol–water partition coefficient (Wildman–Crippen LogP) is 2.87. The molecule has 29 heavy (non-hydrogen) atoms. The normalized spacial score (nSPS) is 19.3. The summed E-state index contributed by atoms with van der Waals surface area (Å²) in [4.78, 5) is 21.3. The number of anilines is 3. The molecular formula is C21H27N7O. The SMILES string of the molecule is Cc1cc(C)cc(Nc2nc(N[C@@H]3CCCC[C@@H]3N)n3ccnc3c2C(N)=O)c1. The molecule has 1 aromatic carbocycles. The molecule has 1 fully saturated rings. The smallest absolute Gasteiger partial charge is 0.256 e. The lowest BCUT2D eigenvalue weighted by Gasteiger charge is -2.30. The van der Waals surface area contributed by atoms with Crippen LogP contribution in [0.1, 0.15) is 47.2 Å². The third-order valence-corrected chi connectivity index (χ3v) is 5.41. The zero-order valence-corrected chi connectivity index (χ0v) is 16.8. The maximum Gasteiger partial charge on any atom is 0.256 e. The van der Waals surface area contributed by atoms with Crippen LogP contribution in [0.3, 0.4) is 0 Å². The molecule has 2 aromatic heterocycles. The third kappa shape index (κ3) is 3.88. The Kier molecular flexibility index (Phi) is 5.10. The lowest BCUT2D eigenvalue weighted by atomic mass is 9.91. The molecule has 2 atom stereocenters. The van der Waals surface area contributed by atoms with Crippen molar-refractivity contribution in [1.29, 1.82) is 0 Å². The van der Waals surface area contributed by atoms with Gasteiger partial charge in [0.15, 0.2) is 11.5 Å². The third-order valence-electron chi connectivity index (χ3n) is 5.41. The molecular weight excluding hydrogens is 366 g/mol. The van der Waals surface area contributed by atoms with Gasteiger partial charge in [-0.2, -0.15) is 4.98 Å². The van der Waals surface area contributed by atoms with Crippen molar-refractivity contribution in [3.63, 3.8) is 0 Å². The van der Waals surface area contributed by atoms with Gasteiger partial charge in [0.1, 0.15) is 5.56 Å². The summed E-state index contributed by atoms with van der Waals surface area (Å²) in [6.07, 6.45) is 7.65. The minimum absolute atomic E-state index is 0.0655. The summed E-state index contributed by atoms with van der Waals surface area (Å²) >= 11 is 0. The molecule has 2 heterocycles. The number of amides is 1. The Labute approximate surface area is 169 Å². The summed E-state index contributed by atoms with van der Waals surface area (Å²) < 4.78 is 1.76. The van der Waals surface area contributed by atoms with Crippen LogP contribution in [0, 0.1) is 13.8 Å². The first-order valence-corrected chi connectivity index (χ1v) is 9.96. The fraction of sp³-hybridized carbons (Fsp3) is 0.381. The summed E-state index contributed by atoms with van der Waals surface area (Å²) in [6.45, 7) is 4.05. The minimum Gasteiger partial charge on any atom is -0.365 e. The van der Waals surface area contributed by atoms with E-state index in [1.807, 2.05) is 26.0 Å². The molecule has 0 unspecified atom stereocenters. The molecule has 1 aliphatic rings. The first-order chi connectivity index (χ1) is 13.9. The second kappa shape index (κ2) is 7.71. The number of aryl methyl sites for hydroxylation is 2. The van der Waals surface area contributed by atoms with Crippen molar-refractivity contribution < 1.29 is 4.79 Å². The maximum absolute atomic E-state index is 12.3. The predicted molar refractivity (Wildman–Crippen MR) is 115 cm³/mol. The number of primary amides is 1. The van der Waals surface area contributed by atoms with Gasteiger partial charge in [-0.3, -0.25) is 9.20 Å². The molecule has 6 N–H and O–H groups in total. The number of carbonyl (C=O) groups is 1. The van der Waals surface area contributed by atoms with Gasteiger partial charge in [-0.05, 0) is 49.9 Å². The van der Waals surface area contributed by atoms with Crippen molar-refractivity contribution in [2.45, 2.75) is 51.6 Å². The fourth-order valence-electron chi connectivity index (χ4n) is 4.09. The molecule has 0 spiro atoms. The average molecular weight is 393 g/mol. The highest BCUT2D eigenvalue weighted by atomic mass is 16.1. The number of fused-ring (bicyclic) bond motifs is 1. The number of nitrogens with one attached hydrogen (secondary N) is 2. The Balaban J connectivity index is 1.79. The van der Waals surface area contributed by atoms with Gasteiger partial charge in [-0.1, -0.05) is 18.9 Å². The van der Waals surface area contributed by atoms with Crippen LogP contribution in [0.5, 0.6) is 0 Å². The fourth-order valence-corrected chi connectivity index (χ4v) is 4.09. The number of imidazole rings is 1. The summed E-state index contributed by atoms with van der Waals surface area (Å²) in [5, 5.41) is 6.74. The number of rotatable bonds is 5. The molecule has 8 heteroatoms. The van der Waals surface area contributed by atoms with Gasteiger partial charge in [-0.15, -0.1) is 0 Å². The van der Waals surface area contributed by atoms with Crippen LogP contribution < -0.4 is 22.1 Å². The second-order valence-electron chi connectivity index (χ2n) is 7.84. The molecule has 0 saturated heterocycles. The highest BCUT2D eigenvalue weighted by Gasteiger charge is 2.25. The summed E-state index contributed by atoms with van der Waals surface area (Å²) in [6, 6.07) is 6.27. The Morgan fingerprint density at radius 1 is 1.17 bits per heavy atom. The number of benzene rings is 1. The molecule has 1 amide bonds. The van der Waals surface area contributed by atoms with E-state index in [-0.39, 0.29) is 17.6 Å². The molecule has 0 radical (unpaired) electrons. The van der Waals surface area contributed by atoms with E-state index < -0.39 is 5.91 Å². The first-order valence-electron chi connectivity index (χ1n) is 9.96.